The van der Waals surface area contributed by atoms with E-state index >= 15 is 0 Å². The second-order valence-corrected chi connectivity index (χ2v) is 5.93. The van der Waals surface area contributed by atoms with E-state index in [-0.39, 0.29) is 28.5 Å². The summed E-state index contributed by atoms with van der Waals surface area (Å²) in [6.45, 7) is 3.40. The van der Waals surface area contributed by atoms with Crippen LogP contribution < -0.4 is 10.2 Å². The van der Waals surface area contributed by atoms with Gasteiger partial charge >= 0.3 is 0 Å². The lowest BCUT2D eigenvalue weighted by Crippen LogP contribution is -2.60. The van der Waals surface area contributed by atoms with E-state index < -0.39 is 23.6 Å². The zero-order chi connectivity index (χ0) is 15.7. The molecule has 0 spiro atoms. The molecule has 1 N–H and O–H groups in total. The van der Waals surface area contributed by atoms with Gasteiger partial charge in [-0.05, 0) is 27.9 Å². The van der Waals surface area contributed by atoms with Crippen LogP contribution in [-0.2, 0) is 9.59 Å². The predicted molar refractivity (Wildman–Crippen MR) is 77.8 cm³/mol. The van der Waals surface area contributed by atoms with Crippen molar-refractivity contribution in [2.45, 2.75) is 26.3 Å². The average Bonchev–Trinajstić information content (AvgIpc) is 2.44. The molecule has 1 heterocycles. The molecule has 2 unspecified atom stereocenters. The van der Waals surface area contributed by atoms with E-state index in [1.54, 1.807) is 0 Å². The van der Waals surface area contributed by atoms with Crippen molar-refractivity contribution in [2.24, 2.45) is 5.92 Å². The lowest BCUT2D eigenvalue weighted by atomic mass is 9.96. The SMILES string of the molecule is CCC(C)C1NC(=O)CN(c2cc(F)c(Br)cc2F)C1=O. The normalized spacial score (nSPS) is 20.4. The molecule has 4 nitrogen and oxygen atoms in total. The fourth-order valence-electron chi connectivity index (χ4n) is 2.21. The third-order valence-electron chi connectivity index (χ3n) is 3.64. The summed E-state index contributed by atoms with van der Waals surface area (Å²) in [5, 5.41) is 2.61. The average molecular weight is 361 g/mol. The first-order valence-corrected chi connectivity index (χ1v) is 7.39. The number of benzene rings is 1. The van der Waals surface area contributed by atoms with Crippen LogP contribution in [-0.4, -0.2) is 24.4 Å². The Morgan fingerprint density at radius 1 is 1.38 bits per heavy atom. The molecule has 2 amide bonds. The van der Waals surface area contributed by atoms with Crippen LogP contribution in [0.25, 0.3) is 0 Å². The van der Waals surface area contributed by atoms with E-state index in [9.17, 15) is 18.4 Å². The molecule has 0 aromatic heterocycles. The van der Waals surface area contributed by atoms with Gasteiger partial charge in [0.05, 0.1) is 10.2 Å². The van der Waals surface area contributed by atoms with Gasteiger partial charge < -0.3 is 5.32 Å². The highest BCUT2D eigenvalue weighted by atomic mass is 79.9. The number of nitrogens with zero attached hydrogens (tertiary/aromatic N) is 1. The Morgan fingerprint density at radius 2 is 2.05 bits per heavy atom. The van der Waals surface area contributed by atoms with Gasteiger partial charge in [0.1, 0.15) is 24.2 Å². The zero-order valence-electron chi connectivity index (χ0n) is 11.6. The third kappa shape index (κ3) is 3.07. The standard InChI is InChI=1S/C14H15BrF2N2O2/c1-3-7(2)13-14(21)19(6-12(20)18-13)11-5-9(16)8(15)4-10(11)17/h4-5,7,13H,3,6H2,1-2H3,(H,18,20). The summed E-state index contributed by atoms with van der Waals surface area (Å²) in [5.74, 6) is -2.35. The van der Waals surface area contributed by atoms with Gasteiger partial charge in [-0.3, -0.25) is 14.5 Å². The molecule has 0 saturated carbocycles. The van der Waals surface area contributed by atoms with Crippen molar-refractivity contribution < 1.29 is 18.4 Å². The molecule has 1 aliphatic heterocycles. The Balaban J connectivity index is 2.40. The van der Waals surface area contributed by atoms with E-state index in [1.165, 1.54) is 0 Å². The summed E-state index contributed by atoms with van der Waals surface area (Å²) in [7, 11) is 0. The summed E-state index contributed by atoms with van der Waals surface area (Å²) in [6.07, 6.45) is 0.682. The second kappa shape index (κ2) is 6.09. The molecule has 1 aromatic rings. The smallest absolute Gasteiger partial charge is 0.250 e. The Kier molecular flexibility index (Phi) is 4.61. The van der Waals surface area contributed by atoms with Crippen LogP contribution in [0.3, 0.4) is 0 Å². The lowest BCUT2D eigenvalue weighted by Gasteiger charge is -2.35. The number of carbonyl (C=O) groups is 2. The summed E-state index contributed by atoms with van der Waals surface area (Å²) in [6, 6.07) is 1.15. The fraction of sp³-hybridized carbons (Fsp3) is 0.429. The molecule has 0 bridgehead atoms. The van der Waals surface area contributed by atoms with Crippen molar-refractivity contribution in [1.82, 2.24) is 5.32 Å². The first-order chi connectivity index (χ1) is 9.85. The van der Waals surface area contributed by atoms with E-state index in [0.29, 0.717) is 6.42 Å². The van der Waals surface area contributed by atoms with Crippen molar-refractivity contribution in [3.8, 4) is 0 Å². The van der Waals surface area contributed by atoms with Crippen molar-refractivity contribution in [2.75, 3.05) is 11.4 Å². The van der Waals surface area contributed by atoms with Gasteiger partial charge in [0.2, 0.25) is 11.8 Å². The first kappa shape index (κ1) is 15.9. The zero-order valence-corrected chi connectivity index (χ0v) is 13.2. The van der Waals surface area contributed by atoms with Crippen molar-refractivity contribution in [1.29, 1.82) is 0 Å². The van der Waals surface area contributed by atoms with Crippen molar-refractivity contribution in [3.05, 3.63) is 28.2 Å². The molecule has 0 radical (unpaired) electrons. The Bertz CT molecular complexity index is 595. The monoisotopic (exact) mass is 360 g/mol. The van der Waals surface area contributed by atoms with Gasteiger partial charge in [-0.2, -0.15) is 0 Å². The third-order valence-corrected chi connectivity index (χ3v) is 4.25. The molecular formula is C14H15BrF2N2O2. The van der Waals surface area contributed by atoms with Gasteiger partial charge in [0.25, 0.3) is 0 Å². The minimum absolute atomic E-state index is 0.0314. The summed E-state index contributed by atoms with van der Waals surface area (Å²) >= 11 is 2.88. The highest BCUT2D eigenvalue weighted by Crippen LogP contribution is 2.28. The number of halogens is 3. The van der Waals surface area contributed by atoms with Crippen LogP contribution in [0.4, 0.5) is 14.5 Å². The maximum atomic E-state index is 14.0. The summed E-state index contributed by atoms with van der Waals surface area (Å²) in [5.41, 5.74) is -0.219. The first-order valence-electron chi connectivity index (χ1n) is 6.60. The maximum absolute atomic E-state index is 14.0. The topological polar surface area (TPSA) is 49.4 Å². The van der Waals surface area contributed by atoms with Crippen LogP contribution in [0.5, 0.6) is 0 Å². The number of amides is 2. The maximum Gasteiger partial charge on any atom is 0.250 e. The Morgan fingerprint density at radius 3 is 2.67 bits per heavy atom. The molecule has 21 heavy (non-hydrogen) atoms. The molecule has 1 saturated heterocycles. The summed E-state index contributed by atoms with van der Waals surface area (Å²) in [4.78, 5) is 25.2. The molecule has 7 heteroatoms. The van der Waals surface area contributed by atoms with E-state index in [1.807, 2.05) is 13.8 Å². The van der Waals surface area contributed by atoms with Gasteiger partial charge in [-0.25, -0.2) is 8.78 Å². The van der Waals surface area contributed by atoms with Gasteiger partial charge in [0.15, 0.2) is 0 Å². The van der Waals surface area contributed by atoms with Crippen LogP contribution in [0.1, 0.15) is 20.3 Å². The van der Waals surface area contributed by atoms with Gasteiger partial charge in [-0.1, -0.05) is 20.3 Å². The Hall–Kier alpha value is -1.50. The highest BCUT2D eigenvalue weighted by Gasteiger charge is 2.37. The molecule has 2 atom stereocenters. The minimum atomic E-state index is -0.755. The lowest BCUT2D eigenvalue weighted by molar-refractivity contribution is -0.132. The highest BCUT2D eigenvalue weighted by molar-refractivity contribution is 9.10. The number of hydrogen-bond acceptors (Lipinski definition) is 2. The second-order valence-electron chi connectivity index (χ2n) is 5.07. The Labute approximate surface area is 129 Å². The fourth-order valence-corrected chi connectivity index (χ4v) is 2.53. The van der Waals surface area contributed by atoms with Gasteiger partial charge in [0, 0.05) is 6.07 Å². The number of anilines is 1. The van der Waals surface area contributed by atoms with Gasteiger partial charge in [-0.15, -0.1) is 0 Å². The quantitative estimate of drug-likeness (QED) is 0.842. The van der Waals surface area contributed by atoms with Crippen LogP contribution in [0, 0.1) is 17.6 Å². The van der Waals surface area contributed by atoms with E-state index in [4.69, 9.17) is 0 Å². The molecular weight excluding hydrogens is 346 g/mol. The van der Waals surface area contributed by atoms with Crippen LogP contribution >= 0.6 is 15.9 Å². The largest absolute Gasteiger partial charge is 0.342 e. The molecule has 114 valence electrons. The van der Waals surface area contributed by atoms with Crippen LogP contribution in [0.15, 0.2) is 16.6 Å². The summed E-state index contributed by atoms with van der Waals surface area (Å²) < 4.78 is 27.6. The van der Waals surface area contributed by atoms with E-state index in [2.05, 4.69) is 21.2 Å². The predicted octanol–water partition coefficient (Wildman–Crippen LogP) is 2.60. The molecule has 0 aliphatic carbocycles. The number of nitrogens with one attached hydrogen (secondary N) is 1. The molecule has 1 fully saturated rings. The molecule has 1 aromatic carbocycles. The number of rotatable bonds is 3. The van der Waals surface area contributed by atoms with Crippen molar-refractivity contribution in [3.63, 3.8) is 0 Å². The minimum Gasteiger partial charge on any atom is -0.342 e. The van der Waals surface area contributed by atoms with Crippen LogP contribution in [0.2, 0.25) is 0 Å². The van der Waals surface area contributed by atoms with E-state index in [0.717, 1.165) is 17.0 Å². The number of hydrogen-bond donors (Lipinski definition) is 1. The number of carbonyl (C=O) groups excluding carboxylic acids is 2. The number of piperazine rings is 1. The molecule has 1 aliphatic rings. The molecule has 2 rings (SSSR count). The van der Waals surface area contributed by atoms with Crippen molar-refractivity contribution >= 4 is 33.4 Å².